The number of carbonyl (C=O) groups is 4. The van der Waals surface area contributed by atoms with Gasteiger partial charge in [-0.1, -0.05) is 34.1 Å². The molecule has 0 unspecified atom stereocenters. The first-order valence-electron chi connectivity index (χ1n) is 12.0. The first kappa shape index (κ1) is 27.6. The molecule has 2 N–H and O–H groups in total. The number of urea groups is 1. The molecule has 4 rings (SSSR count). The number of imide groups is 2. The standard InChI is InChI=1S/C29H25BrN2O7/c1-4-38-24-13-20(23(30)14-25(24)39-15-18-6-8-19(9-7-18)28(35)36)12-22-26(33)31-29(37)32(27(22)34)21-10-5-16(2)17(3)11-21/h5-14H,4,15H2,1-3H3,(H,35,36)(H,31,33,37)/b22-12+. The molecule has 1 heterocycles. The Hall–Kier alpha value is -4.44. The number of hydrogen-bond acceptors (Lipinski definition) is 6. The van der Waals surface area contributed by atoms with Crippen LogP contribution in [0.2, 0.25) is 0 Å². The van der Waals surface area contributed by atoms with E-state index in [4.69, 9.17) is 14.6 Å². The lowest BCUT2D eigenvalue weighted by Crippen LogP contribution is -2.54. The number of nitrogens with one attached hydrogen (secondary N) is 1. The van der Waals surface area contributed by atoms with Crippen LogP contribution in [0, 0.1) is 13.8 Å². The van der Waals surface area contributed by atoms with Crippen LogP contribution >= 0.6 is 15.9 Å². The Morgan fingerprint density at radius 3 is 2.31 bits per heavy atom. The van der Waals surface area contributed by atoms with Crippen molar-refractivity contribution in [1.29, 1.82) is 0 Å². The molecule has 0 saturated carbocycles. The van der Waals surface area contributed by atoms with Crippen molar-refractivity contribution >= 4 is 51.5 Å². The van der Waals surface area contributed by atoms with E-state index in [2.05, 4.69) is 21.2 Å². The second kappa shape index (κ2) is 11.5. The molecule has 0 atom stereocenters. The van der Waals surface area contributed by atoms with Crippen molar-refractivity contribution in [1.82, 2.24) is 5.32 Å². The lowest BCUT2D eigenvalue weighted by Gasteiger charge is -2.27. The van der Waals surface area contributed by atoms with Crippen molar-refractivity contribution in [3.05, 3.63) is 92.5 Å². The van der Waals surface area contributed by atoms with Gasteiger partial charge in [0.1, 0.15) is 12.2 Å². The van der Waals surface area contributed by atoms with E-state index >= 15 is 0 Å². The van der Waals surface area contributed by atoms with Crippen LogP contribution in [0.15, 0.2) is 64.6 Å². The van der Waals surface area contributed by atoms with Gasteiger partial charge in [-0.3, -0.25) is 14.9 Å². The predicted molar refractivity (Wildman–Crippen MR) is 148 cm³/mol. The Labute approximate surface area is 233 Å². The van der Waals surface area contributed by atoms with Crippen molar-refractivity contribution in [2.24, 2.45) is 0 Å². The van der Waals surface area contributed by atoms with Gasteiger partial charge in [-0.25, -0.2) is 14.5 Å². The predicted octanol–water partition coefficient (Wildman–Crippen LogP) is 5.41. The molecule has 10 heteroatoms. The number of carbonyl (C=O) groups excluding carboxylic acids is 3. The monoisotopic (exact) mass is 592 g/mol. The van der Waals surface area contributed by atoms with Crippen LogP contribution in [0.3, 0.4) is 0 Å². The summed E-state index contributed by atoms with van der Waals surface area (Å²) in [5.41, 5.74) is 3.43. The highest BCUT2D eigenvalue weighted by Gasteiger charge is 2.37. The minimum atomic E-state index is -1.01. The van der Waals surface area contributed by atoms with Crippen molar-refractivity contribution in [2.75, 3.05) is 11.5 Å². The highest BCUT2D eigenvalue weighted by atomic mass is 79.9. The topological polar surface area (TPSA) is 122 Å². The Morgan fingerprint density at radius 2 is 1.67 bits per heavy atom. The fraction of sp³-hybridized carbons (Fsp3) is 0.172. The van der Waals surface area contributed by atoms with Crippen molar-refractivity contribution in [3.63, 3.8) is 0 Å². The molecule has 200 valence electrons. The smallest absolute Gasteiger partial charge is 0.335 e. The van der Waals surface area contributed by atoms with Crippen LogP contribution in [0.25, 0.3) is 6.08 Å². The zero-order valence-corrected chi connectivity index (χ0v) is 23.0. The zero-order valence-electron chi connectivity index (χ0n) is 21.4. The molecule has 0 aromatic heterocycles. The molecule has 1 fully saturated rings. The fourth-order valence-electron chi connectivity index (χ4n) is 3.86. The van der Waals surface area contributed by atoms with Crippen LogP contribution in [-0.2, 0) is 16.2 Å². The first-order chi connectivity index (χ1) is 18.6. The summed E-state index contributed by atoms with van der Waals surface area (Å²) in [5.74, 6) is -1.79. The largest absolute Gasteiger partial charge is 0.490 e. The highest BCUT2D eigenvalue weighted by molar-refractivity contribution is 9.10. The normalized spacial score (nSPS) is 14.4. The molecule has 3 aromatic carbocycles. The molecule has 0 spiro atoms. The van der Waals surface area contributed by atoms with Crippen LogP contribution < -0.4 is 19.7 Å². The van der Waals surface area contributed by atoms with Crippen LogP contribution in [0.1, 0.15) is 39.5 Å². The molecule has 0 radical (unpaired) electrons. The van der Waals surface area contributed by atoms with E-state index < -0.39 is 23.8 Å². The number of hydrogen-bond donors (Lipinski definition) is 2. The van der Waals surface area contributed by atoms with Crippen molar-refractivity contribution in [2.45, 2.75) is 27.4 Å². The quantitative estimate of drug-likeness (QED) is 0.265. The Kier molecular flexibility index (Phi) is 8.15. The summed E-state index contributed by atoms with van der Waals surface area (Å²) in [6.07, 6.45) is 1.39. The number of aromatic carboxylic acids is 1. The molecule has 9 nitrogen and oxygen atoms in total. The van der Waals surface area contributed by atoms with Crippen LogP contribution in [0.4, 0.5) is 10.5 Å². The molecule has 1 saturated heterocycles. The van der Waals surface area contributed by atoms with E-state index in [1.165, 1.54) is 18.2 Å². The summed E-state index contributed by atoms with van der Waals surface area (Å²) < 4.78 is 12.2. The van der Waals surface area contributed by atoms with Gasteiger partial charge in [0, 0.05) is 4.47 Å². The van der Waals surface area contributed by atoms with Gasteiger partial charge in [-0.05, 0) is 85.5 Å². The number of anilines is 1. The van der Waals surface area contributed by atoms with E-state index in [1.807, 2.05) is 13.8 Å². The van der Waals surface area contributed by atoms with E-state index in [-0.39, 0.29) is 17.7 Å². The molecule has 4 amide bonds. The number of halogens is 1. The third-order valence-corrected chi connectivity index (χ3v) is 6.80. The molecule has 39 heavy (non-hydrogen) atoms. The number of nitrogens with zero attached hydrogens (tertiary/aromatic N) is 1. The second-order valence-electron chi connectivity index (χ2n) is 8.77. The van der Waals surface area contributed by atoms with E-state index in [1.54, 1.807) is 49.4 Å². The molecule has 3 aromatic rings. The Balaban J connectivity index is 1.64. The molecular weight excluding hydrogens is 568 g/mol. The summed E-state index contributed by atoms with van der Waals surface area (Å²) >= 11 is 3.47. The van der Waals surface area contributed by atoms with Crippen LogP contribution in [-0.4, -0.2) is 35.5 Å². The van der Waals surface area contributed by atoms with Gasteiger partial charge in [0.2, 0.25) is 0 Å². The SMILES string of the molecule is CCOc1cc(/C=C2\C(=O)NC(=O)N(c3ccc(C)c(C)c3)C2=O)c(Br)cc1OCc1ccc(C(=O)O)cc1. The summed E-state index contributed by atoms with van der Waals surface area (Å²) in [5, 5.41) is 11.3. The maximum absolute atomic E-state index is 13.3. The second-order valence-corrected chi connectivity index (χ2v) is 9.62. The molecule has 0 bridgehead atoms. The number of amides is 4. The average molecular weight is 593 g/mol. The van der Waals surface area contributed by atoms with Gasteiger partial charge in [0.05, 0.1) is 17.9 Å². The van der Waals surface area contributed by atoms with Gasteiger partial charge in [-0.2, -0.15) is 0 Å². The van der Waals surface area contributed by atoms with Gasteiger partial charge in [0.15, 0.2) is 11.5 Å². The minimum absolute atomic E-state index is 0.154. The number of carboxylic acids is 1. The van der Waals surface area contributed by atoms with Crippen molar-refractivity contribution in [3.8, 4) is 11.5 Å². The Bertz CT molecular complexity index is 1510. The number of rotatable bonds is 8. The number of barbiturate groups is 1. The van der Waals surface area contributed by atoms with Gasteiger partial charge >= 0.3 is 12.0 Å². The fourth-order valence-corrected chi connectivity index (χ4v) is 4.30. The molecule has 0 aliphatic carbocycles. The van der Waals surface area contributed by atoms with E-state index in [0.717, 1.165) is 21.6 Å². The summed E-state index contributed by atoms with van der Waals surface area (Å²) in [6.45, 7) is 6.08. The minimum Gasteiger partial charge on any atom is -0.490 e. The molecular formula is C29H25BrN2O7. The maximum atomic E-state index is 13.3. The average Bonchev–Trinajstić information content (AvgIpc) is 2.89. The number of ether oxygens (including phenoxy) is 2. The highest BCUT2D eigenvalue weighted by Crippen LogP contribution is 2.36. The molecule has 1 aliphatic heterocycles. The van der Waals surface area contributed by atoms with E-state index in [9.17, 15) is 19.2 Å². The van der Waals surface area contributed by atoms with Crippen molar-refractivity contribution < 1.29 is 33.8 Å². The number of aryl methyl sites for hydroxylation is 2. The number of carboxylic acid groups (broad SMARTS) is 1. The van der Waals surface area contributed by atoms with Gasteiger partial charge < -0.3 is 14.6 Å². The number of benzene rings is 3. The maximum Gasteiger partial charge on any atom is 0.335 e. The zero-order chi connectivity index (χ0) is 28.3. The van der Waals surface area contributed by atoms with Gasteiger partial charge in [0.25, 0.3) is 11.8 Å². The van der Waals surface area contributed by atoms with Gasteiger partial charge in [-0.15, -0.1) is 0 Å². The third kappa shape index (κ3) is 6.01. The van der Waals surface area contributed by atoms with Crippen LogP contribution in [0.5, 0.6) is 11.5 Å². The Morgan fingerprint density at radius 1 is 0.974 bits per heavy atom. The lowest BCUT2D eigenvalue weighted by atomic mass is 10.0. The van der Waals surface area contributed by atoms with E-state index in [0.29, 0.717) is 33.8 Å². The molecule has 1 aliphatic rings. The lowest BCUT2D eigenvalue weighted by molar-refractivity contribution is -0.122. The summed E-state index contributed by atoms with van der Waals surface area (Å²) in [6, 6.07) is 13.9. The third-order valence-electron chi connectivity index (χ3n) is 6.11. The summed E-state index contributed by atoms with van der Waals surface area (Å²) in [7, 11) is 0. The first-order valence-corrected chi connectivity index (χ1v) is 12.8. The summed E-state index contributed by atoms with van der Waals surface area (Å²) in [4.78, 5) is 50.6.